The molecule has 0 unspecified atom stereocenters. The third-order valence-corrected chi connectivity index (χ3v) is 3.34. The molecule has 2 aromatic carbocycles. The van der Waals surface area contributed by atoms with Crippen molar-refractivity contribution in [1.29, 1.82) is 0 Å². The molecular weight excluding hydrogens is 292 g/mol. The standard InChI is InChI=1S/C18H16N2O3/c1-12(2)23-18(22)16-14-10-6-7-11-15(14)17(21)20(19-16)13-8-4-3-5-9-13/h3-12H,1-2H3. The van der Waals surface area contributed by atoms with E-state index in [0.717, 1.165) is 0 Å². The predicted octanol–water partition coefficient (Wildman–Crippen LogP) is 2.95. The van der Waals surface area contributed by atoms with E-state index in [2.05, 4.69) is 5.10 Å². The van der Waals surface area contributed by atoms with Gasteiger partial charge in [-0.3, -0.25) is 4.79 Å². The highest BCUT2D eigenvalue weighted by Crippen LogP contribution is 2.16. The van der Waals surface area contributed by atoms with Crippen molar-refractivity contribution >= 4 is 16.7 Å². The molecular formula is C18H16N2O3. The molecule has 5 heteroatoms. The second-order valence-electron chi connectivity index (χ2n) is 5.40. The van der Waals surface area contributed by atoms with Gasteiger partial charge in [-0.1, -0.05) is 36.4 Å². The molecule has 0 fully saturated rings. The van der Waals surface area contributed by atoms with Gasteiger partial charge in [-0.25, -0.2) is 4.79 Å². The molecule has 0 radical (unpaired) electrons. The van der Waals surface area contributed by atoms with Crippen molar-refractivity contribution in [3.05, 3.63) is 70.6 Å². The number of hydrogen-bond donors (Lipinski definition) is 0. The van der Waals surface area contributed by atoms with Crippen molar-refractivity contribution in [3.63, 3.8) is 0 Å². The molecule has 1 aromatic heterocycles. The topological polar surface area (TPSA) is 61.2 Å². The van der Waals surface area contributed by atoms with Gasteiger partial charge >= 0.3 is 5.97 Å². The number of aromatic nitrogens is 2. The van der Waals surface area contributed by atoms with E-state index < -0.39 is 5.97 Å². The third-order valence-electron chi connectivity index (χ3n) is 3.34. The zero-order valence-corrected chi connectivity index (χ0v) is 12.9. The van der Waals surface area contributed by atoms with Crippen molar-refractivity contribution in [2.75, 3.05) is 0 Å². The summed E-state index contributed by atoms with van der Waals surface area (Å²) in [6.45, 7) is 3.54. The van der Waals surface area contributed by atoms with Crippen LogP contribution in [-0.2, 0) is 4.74 Å². The molecule has 116 valence electrons. The first-order chi connectivity index (χ1) is 11.1. The summed E-state index contributed by atoms with van der Waals surface area (Å²) in [5.74, 6) is -0.541. The summed E-state index contributed by atoms with van der Waals surface area (Å²) in [5.41, 5.74) is 0.465. The van der Waals surface area contributed by atoms with E-state index in [9.17, 15) is 9.59 Å². The second-order valence-corrected chi connectivity index (χ2v) is 5.40. The molecule has 0 saturated heterocycles. The van der Waals surface area contributed by atoms with Gasteiger partial charge in [-0.15, -0.1) is 0 Å². The highest BCUT2D eigenvalue weighted by atomic mass is 16.5. The van der Waals surface area contributed by atoms with Crippen LogP contribution >= 0.6 is 0 Å². The van der Waals surface area contributed by atoms with Crippen LogP contribution in [-0.4, -0.2) is 21.9 Å². The Morgan fingerprint density at radius 3 is 2.26 bits per heavy atom. The highest BCUT2D eigenvalue weighted by molar-refractivity contribution is 6.02. The molecule has 0 saturated carbocycles. The smallest absolute Gasteiger partial charge is 0.359 e. The molecule has 0 N–H and O–H groups in total. The van der Waals surface area contributed by atoms with E-state index in [1.54, 1.807) is 50.2 Å². The SMILES string of the molecule is CC(C)OC(=O)c1nn(-c2ccccc2)c(=O)c2ccccc12. The molecule has 1 heterocycles. The molecule has 0 aliphatic rings. The second kappa shape index (κ2) is 6.04. The number of ether oxygens (including phenoxy) is 1. The number of carbonyl (C=O) groups excluding carboxylic acids is 1. The number of benzene rings is 2. The van der Waals surface area contributed by atoms with E-state index in [4.69, 9.17) is 4.74 Å². The lowest BCUT2D eigenvalue weighted by Gasteiger charge is -2.12. The molecule has 0 spiro atoms. The van der Waals surface area contributed by atoms with Gasteiger partial charge in [0, 0.05) is 5.39 Å². The quantitative estimate of drug-likeness (QED) is 0.698. The number of hydrogen-bond acceptors (Lipinski definition) is 4. The molecule has 3 aromatic rings. The van der Waals surface area contributed by atoms with Gasteiger partial charge in [0.15, 0.2) is 5.69 Å². The maximum absolute atomic E-state index is 12.7. The van der Waals surface area contributed by atoms with Crippen LogP contribution < -0.4 is 5.56 Å². The maximum Gasteiger partial charge on any atom is 0.359 e. The molecule has 3 rings (SSSR count). The van der Waals surface area contributed by atoms with Crippen molar-refractivity contribution in [2.24, 2.45) is 0 Å². The normalized spacial score (nSPS) is 10.9. The highest BCUT2D eigenvalue weighted by Gasteiger charge is 2.19. The Hall–Kier alpha value is -2.95. The summed E-state index contributed by atoms with van der Waals surface area (Å²) < 4.78 is 6.49. The summed E-state index contributed by atoms with van der Waals surface area (Å²) in [5, 5.41) is 5.18. The van der Waals surface area contributed by atoms with E-state index in [1.165, 1.54) is 4.68 Å². The Morgan fingerprint density at radius 2 is 1.61 bits per heavy atom. The van der Waals surface area contributed by atoms with Crippen LogP contribution in [0.25, 0.3) is 16.5 Å². The summed E-state index contributed by atoms with van der Waals surface area (Å²) in [6.07, 6.45) is -0.264. The molecule has 0 atom stereocenters. The fourth-order valence-electron chi connectivity index (χ4n) is 2.35. The Kier molecular flexibility index (Phi) is 3.93. The number of esters is 1. The summed E-state index contributed by atoms with van der Waals surface area (Å²) in [4.78, 5) is 25.0. The summed E-state index contributed by atoms with van der Waals surface area (Å²) in [7, 11) is 0. The van der Waals surface area contributed by atoms with Crippen molar-refractivity contribution in [3.8, 4) is 5.69 Å². The van der Waals surface area contributed by atoms with Crippen molar-refractivity contribution in [2.45, 2.75) is 20.0 Å². The molecule has 0 aliphatic carbocycles. The first-order valence-corrected chi connectivity index (χ1v) is 7.36. The Balaban J connectivity index is 2.29. The molecule has 0 bridgehead atoms. The Labute approximate surface area is 133 Å². The fraction of sp³-hybridized carbons (Fsp3) is 0.167. The van der Waals surface area contributed by atoms with Gasteiger partial charge in [0.2, 0.25) is 0 Å². The van der Waals surface area contributed by atoms with E-state index >= 15 is 0 Å². The van der Waals surface area contributed by atoms with Gasteiger partial charge in [-0.05, 0) is 32.0 Å². The van der Waals surface area contributed by atoms with Crippen LogP contribution in [0.5, 0.6) is 0 Å². The minimum absolute atomic E-state index is 0.137. The van der Waals surface area contributed by atoms with Crippen LogP contribution in [0, 0.1) is 0 Å². The summed E-state index contributed by atoms with van der Waals surface area (Å²) in [6, 6.07) is 15.9. The molecule has 0 amide bonds. The van der Waals surface area contributed by atoms with E-state index in [-0.39, 0.29) is 17.4 Å². The lowest BCUT2D eigenvalue weighted by Crippen LogP contribution is -2.25. The van der Waals surface area contributed by atoms with Crippen LogP contribution in [0.2, 0.25) is 0 Å². The number of para-hydroxylation sites is 1. The van der Waals surface area contributed by atoms with Gasteiger partial charge in [-0.2, -0.15) is 9.78 Å². The van der Waals surface area contributed by atoms with Crippen LogP contribution in [0.1, 0.15) is 24.3 Å². The largest absolute Gasteiger partial charge is 0.458 e. The van der Waals surface area contributed by atoms with Crippen LogP contribution in [0.3, 0.4) is 0 Å². The molecule has 5 nitrogen and oxygen atoms in total. The minimum atomic E-state index is -0.541. The zero-order chi connectivity index (χ0) is 16.4. The Morgan fingerprint density at radius 1 is 1.00 bits per heavy atom. The molecule has 23 heavy (non-hydrogen) atoms. The number of carbonyl (C=O) groups is 1. The van der Waals surface area contributed by atoms with Gasteiger partial charge in [0.25, 0.3) is 5.56 Å². The average Bonchev–Trinajstić information content (AvgIpc) is 2.55. The Bertz CT molecular complexity index is 914. The monoisotopic (exact) mass is 308 g/mol. The van der Waals surface area contributed by atoms with E-state index in [0.29, 0.717) is 16.5 Å². The maximum atomic E-state index is 12.7. The lowest BCUT2D eigenvalue weighted by atomic mass is 10.1. The number of fused-ring (bicyclic) bond motifs is 1. The van der Waals surface area contributed by atoms with Crippen LogP contribution in [0.4, 0.5) is 0 Å². The lowest BCUT2D eigenvalue weighted by molar-refractivity contribution is 0.0371. The molecule has 0 aliphatic heterocycles. The predicted molar refractivity (Wildman–Crippen MR) is 87.9 cm³/mol. The number of rotatable bonds is 3. The average molecular weight is 308 g/mol. The fourth-order valence-corrected chi connectivity index (χ4v) is 2.35. The third kappa shape index (κ3) is 2.85. The summed E-state index contributed by atoms with van der Waals surface area (Å²) >= 11 is 0. The van der Waals surface area contributed by atoms with Gasteiger partial charge < -0.3 is 4.74 Å². The van der Waals surface area contributed by atoms with Crippen molar-refractivity contribution < 1.29 is 9.53 Å². The van der Waals surface area contributed by atoms with Crippen LogP contribution in [0.15, 0.2) is 59.4 Å². The zero-order valence-electron chi connectivity index (χ0n) is 12.9. The van der Waals surface area contributed by atoms with Gasteiger partial charge in [0.05, 0.1) is 17.2 Å². The first kappa shape index (κ1) is 15.0. The number of nitrogens with zero attached hydrogens (tertiary/aromatic N) is 2. The minimum Gasteiger partial charge on any atom is -0.458 e. The van der Waals surface area contributed by atoms with E-state index in [1.807, 2.05) is 18.2 Å². The van der Waals surface area contributed by atoms with Crippen molar-refractivity contribution in [1.82, 2.24) is 9.78 Å². The van der Waals surface area contributed by atoms with Gasteiger partial charge in [0.1, 0.15) is 0 Å². The first-order valence-electron chi connectivity index (χ1n) is 7.36.